The summed E-state index contributed by atoms with van der Waals surface area (Å²) in [5, 5.41) is 11.2. The Kier molecular flexibility index (Phi) is 5.23. The number of amides is 2. The van der Waals surface area contributed by atoms with Crippen LogP contribution < -0.4 is 10.8 Å². The first kappa shape index (κ1) is 18.2. The van der Waals surface area contributed by atoms with E-state index < -0.39 is 23.4 Å². The van der Waals surface area contributed by atoms with E-state index in [0.29, 0.717) is 11.8 Å². The van der Waals surface area contributed by atoms with Crippen LogP contribution in [0.15, 0.2) is 66.7 Å². The number of hydrogen-bond donors (Lipinski definition) is 3. The van der Waals surface area contributed by atoms with Gasteiger partial charge in [0.1, 0.15) is 11.6 Å². The molecule has 0 fully saturated rings. The first-order valence-corrected chi connectivity index (χ1v) is 7.89. The summed E-state index contributed by atoms with van der Waals surface area (Å²) in [5.74, 6) is -3.02. The van der Waals surface area contributed by atoms with Gasteiger partial charge in [0, 0.05) is 17.3 Å². The molecule has 0 bridgehead atoms. The maximum absolute atomic E-state index is 13.7. The zero-order valence-electron chi connectivity index (χ0n) is 13.9. The van der Waals surface area contributed by atoms with E-state index >= 15 is 0 Å². The van der Waals surface area contributed by atoms with Crippen LogP contribution in [-0.4, -0.2) is 17.0 Å². The topological polar surface area (TPSA) is 78.4 Å². The van der Waals surface area contributed by atoms with Crippen molar-refractivity contribution in [3.05, 3.63) is 89.5 Å². The number of rotatable bonds is 4. The van der Waals surface area contributed by atoms with E-state index in [0.717, 1.165) is 23.3 Å². The van der Waals surface area contributed by atoms with Crippen molar-refractivity contribution in [1.82, 2.24) is 5.48 Å². The second-order valence-corrected chi connectivity index (χ2v) is 5.68. The number of hydrogen-bond acceptors (Lipinski definition) is 3. The molecular weight excluding hydrogens is 354 g/mol. The van der Waals surface area contributed by atoms with Crippen molar-refractivity contribution in [2.75, 3.05) is 5.32 Å². The molecule has 0 radical (unpaired) electrons. The number of nitrogens with one attached hydrogen (secondary N) is 2. The van der Waals surface area contributed by atoms with Crippen molar-refractivity contribution < 1.29 is 23.6 Å². The molecule has 3 aromatic rings. The van der Waals surface area contributed by atoms with Gasteiger partial charge < -0.3 is 5.32 Å². The van der Waals surface area contributed by atoms with Gasteiger partial charge in [-0.1, -0.05) is 24.3 Å². The Morgan fingerprint density at radius 2 is 1.56 bits per heavy atom. The molecule has 3 rings (SSSR count). The van der Waals surface area contributed by atoms with Gasteiger partial charge in [-0.15, -0.1) is 0 Å². The van der Waals surface area contributed by atoms with Gasteiger partial charge >= 0.3 is 0 Å². The molecule has 0 unspecified atom stereocenters. The molecule has 0 aliphatic carbocycles. The Morgan fingerprint density at radius 3 is 2.22 bits per heavy atom. The van der Waals surface area contributed by atoms with Gasteiger partial charge in [0.25, 0.3) is 11.8 Å². The molecule has 2 amide bonds. The smallest absolute Gasteiger partial charge is 0.274 e. The van der Waals surface area contributed by atoms with E-state index in [4.69, 9.17) is 5.21 Å². The Labute approximate surface area is 153 Å². The van der Waals surface area contributed by atoms with E-state index in [1.807, 2.05) is 0 Å². The van der Waals surface area contributed by atoms with Crippen LogP contribution in [0.5, 0.6) is 0 Å². The van der Waals surface area contributed by atoms with Gasteiger partial charge in [-0.2, -0.15) is 0 Å². The fraction of sp³-hybridized carbons (Fsp3) is 0. The standard InChI is InChI=1S/C20H14F2N2O3/c21-15-8-9-17(18(22)11-15)20(26)23-16-3-1-2-14(10-16)12-4-6-13(7-5-12)19(25)24-27/h1-11,27H,(H,23,26)(H,24,25). The van der Waals surface area contributed by atoms with Crippen LogP contribution in [0.25, 0.3) is 11.1 Å². The van der Waals surface area contributed by atoms with Gasteiger partial charge in [0.2, 0.25) is 0 Å². The van der Waals surface area contributed by atoms with Crippen molar-refractivity contribution >= 4 is 17.5 Å². The third-order valence-corrected chi connectivity index (χ3v) is 3.88. The summed E-state index contributed by atoms with van der Waals surface area (Å²) in [4.78, 5) is 23.6. The number of anilines is 1. The predicted molar refractivity (Wildman–Crippen MR) is 95.4 cm³/mol. The Bertz CT molecular complexity index is 1000. The maximum Gasteiger partial charge on any atom is 0.274 e. The minimum absolute atomic E-state index is 0.263. The summed E-state index contributed by atoms with van der Waals surface area (Å²) >= 11 is 0. The van der Waals surface area contributed by atoms with Crippen LogP contribution in [0.2, 0.25) is 0 Å². The van der Waals surface area contributed by atoms with Crippen molar-refractivity contribution in [2.24, 2.45) is 0 Å². The van der Waals surface area contributed by atoms with Crippen LogP contribution in [0, 0.1) is 11.6 Å². The van der Waals surface area contributed by atoms with Crippen LogP contribution >= 0.6 is 0 Å². The van der Waals surface area contributed by atoms with Gasteiger partial charge in [0.15, 0.2) is 0 Å². The van der Waals surface area contributed by atoms with Crippen LogP contribution in [0.1, 0.15) is 20.7 Å². The summed E-state index contributed by atoms with van der Waals surface area (Å²) < 4.78 is 26.7. The lowest BCUT2D eigenvalue weighted by Crippen LogP contribution is -2.18. The van der Waals surface area contributed by atoms with Gasteiger partial charge in [0.05, 0.1) is 5.56 Å². The first-order valence-electron chi connectivity index (χ1n) is 7.89. The Morgan fingerprint density at radius 1 is 0.815 bits per heavy atom. The average molecular weight is 368 g/mol. The van der Waals surface area contributed by atoms with Crippen molar-refractivity contribution in [3.8, 4) is 11.1 Å². The predicted octanol–water partition coefficient (Wildman–Crippen LogP) is 4.00. The number of carbonyl (C=O) groups excluding carboxylic acids is 2. The van der Waals surface area contributed by atoms with Crippen LogP contribution in [0.3, 0.4) is 0 Å². The molecule has 7 heteroatoms. The minimum atomic E-state index is -0.943. The molecule has 0 spiro atoms. The summed E-state index contributed by atoms with van der Waals surface area (Å²) in [6, 6.07) is 16.0. The van der Waals surface area contributed by atoms with Crippen molar-refractivity contribution in [3.63, 3.8) is 0 Å². The third-order valence-electron chi connectivity index (χ3n) is 3.88. The zero-order chi connectivity index (χ0) is 19.4. The maximum atomic E-state index is 13.7. The van der Waals surface area contributed by atoms with Gasteiger partial charge in [-0.25, -0.2) is 14.3 Å². The second kappa shape index (κ2) is 7.76. The fourth-order valence-electron chi connectivity index (χ4n) is 2.53. The van der Waals surface area contributed by atoms with E-state index in [-0.39, 0.29) is 11.1 Å². The van der Waals surface area contributed by atoms with E-state index in [1.54, 1.807) is 54.0 Å². The Balaban J connectivity index is 1.81. The summed E-state index contributed by atoms with van der Waals surface area (Å²) in [7, 11) is 0. The first-order chi connectivity index (χ1) is 13.0. The molecule has 0 aliphatic heterocycles. The van der Waals surface area contributed by atoms with Crippen LogP contribution in [0.4, 0.5) is 14.5 Å². The highest BCUT2D eigenvalue weighted by molar-refractivity contribution is 6.04. The molecule has 136 valence electrons. The highest BCUT2D eigenvalue weighted by Gasteiger charge is 2.13. The molecule has 3 N–H and O–H groups in total. The zero-order valence-corrected chi connectivity index (χ0v) is 13.9. The lowest BCUT2D eigenvalue weighted by atomic mass is 10.0. The third kappa shape index (κ3) is 4.16. The van der Waals surface area contributed by atoms with E-state index in [1.165, 1.54) is 0 Å². The molecule has 0 saturated carbocycles. The summed E-state index contributed by atoms with van der Waals surface area (Å²) in [6.07, 6.45) is 0. The molecule has 27 heavy (non-hydrogen) atoms. The normalized spacial score (nSPS) is 10.3. The summed E-state index contributed by atoms with van der Waals surface area (Å²) in [5.41, 5.74) is 3.53. The van der Waals surface area contributed by atoms with Crippen molar-refractivity contribution in [1.29, 1.82) is 0 Å². The van der Waals surface area contributed by atoms with Crippen LogP contribution in [-0.2, 0) is 0 Å². The monoisotopic (exact) mass is 368 g/mol. The molecule has 0 aliphatic rings. The largest absolute Gasteiger partial charge is 0.322 e. The van der Waals surface area contributed by atoms with E-state index in [9.17, 15) is 18.4 Å². The minimum Gasteiger partial charge on any atom is -0.322 e. The van der Waals surface area contributed by atoms with Gasteiger partial charge in [-0.05, 0) is 47.5 Å². The molecule has 0 aromatic heterocycles. The van der Waals surface area contributed by atoms with Crippen molar-refractivity contribution in [2.45, 2.75) is 0 Å². The molecular formula is C20H14F2N2O3. The Hall–Kier alpha value is -3.58. The van der Waals surface area contributed by atoms with E-state index in [2.05, 4.69) is 5.32 Å². The number of carbonyl (C=O) groups is 2. The lowest BCUT2D eigenvalue weighted by Gasteiger charge is -2.09. The number of hydroxylamine groups is 1. The highest BCUT2D eigenvalue weighted by atomic mass is 19.1. The quantitative estimate of drug-likeness (QED) is 0.481. The molecule has 0 atom stereocenters. The second-order valence-electron chi connectivity index (χ2n) is 5.68. The average Bonchev–Trinajstić information content (AvgIpc) is 2.67. The molecule has 5 nitrogen and oxygen atoms in total. The van der Waals surface area contributed by atoms with Gasteiger partial charge in [-0.3, -0.25) is 14.8 Å². The number of halogens is 2. The SMILES string of the molecule is O=C(NO)c1ccc(-c2cccc(NC(=O)c3ccc(F)cc3F)c2)cc1. The molecule has 0 heterocycles. The highest BCUT2D eigenvalue weighted by Crippen LogP contribution is 2.24. The molecule has 3 aromatic carbocycles. The number of benzene rings is 3. The summed E-state index contributed by atoms with van der Waals surface area (Å²) in [6.45, 7) is 0. The lowest BCUT2D eigenvalue weighted by molar-refractivity contribution is 0.0706. The fourth-order valence-corrected chi connectivity index (χ4v) is 2.53. The molecule has 0 saturated heterocycles.